The predicted molar refractivity (Wildman–Crippen MR) is 96.6 cm³/mol. The second-order valence-corrected chi connectivity index (χ2v) is 6.39. The molecule has 0 fully saturated rings. The molecule has 0 amide bonds. The highest BCUT2D eigenvalue weighted by Crippen LogP contribution is 2.12. The molecule has 0 spiro atoms. The van der Waals surface area contributed by atoms with Crippen LogP contribution in [0.25, 0.3) is 0 Å². The molecule has 4 nitrogen and oxygen atoms in total. The Labute approximate surface area is 146 Å². The van der Waals surface area contributed by atoms with Crippen molar-refractivity contribution in [3.05, 3.63) is 12.2 Å². The first kappa shape index (κ1) is 22.4. The summed E-state index contributed by atoms with van der Waals surface area (Å²) in [6.45, 7) is 2.25. The summed E-state index contributed by atoms with van der Waals surface area (Å²) in [5.41, 5.74) is 0. The number of allylic oxidation sites excluding steroid dienone is 1. The molecule has 0 rings (SSSR count). The largest absolute Gasteiger partial charge is 0.480 e. The average molecular weight is 348 g/mol. The highest BCUT2D eigenvalue weighted by molar-refractivity contribution is 6.14. The third-order valence-corrected chi connectivity index (χ3v) is 4.27. The van der Waals surface area contributed by atoms with Gasteiger partial charge in [0, 0.05) is 0 Å². The smallest absolute Gasteiger partial charge is 0.325 e. The van der Waals surface area contributed by atoms with E-state index in [1.807, 2.05) is 6.08 Å². The molecule has 136 valence electrons. The Morgan fingerprint density at radius 3 is 1.91 bits per heavy atom. The Morgan fingerprint density at radius 2 is 1.48 bits per heavy atom. The lowest BCUT2D eigenvalue weighted by Crippen LogP contribution is -2.40. The quantitative estimate of drug-likeness (QED) is 0.213. The van der Waals surface area contributed by atoms with Crippen LogP contribution in [0.15, 0.2) is 12.2 Å². The summed E-state index contributed by atoms with van der Waals surface area (Å²) in [5.74, 6) is -1.16. The molecule has 3 N–H and O–H groups in total. The topological polar surface area (TPSA) is 69.6 Å². The summed E-state index contributed by atoms with van der Waals surface area (Å²) < 4.78 is 0. The van der Waals surface area contributed by atoms with Crippen molar-refractivity contribution in [3.8, 4) is 0 Å². The minimum Gasteiger partial charge on any atom is -0.480 e. The summed E-state index contributed by atoms with van der Waals surface area (Å²) in [4.78, 5) is 12.8. The van der Waals surface area contributed by atoms with Gasteiger partial charge >= 0.3 is 5.97 Å². The van der Waals surface area contributed by atoms with Crippen molar-refractivity contribution in [2.24, 2.45) is 0 Å². The van der Waals surface area contributed by atoms with E-state index in [1.165, 1.54) is 70.3 Å². The molecule has 0 saturated heterocycles. The zero-order valence-electron chi connectivity index (χ0n) is 14.5. The third-order valence-electron chi connectivity index (χ3n) is 4.03. The molecule has 0 aromatic heterocycles. The van der Waals surface area contributed by atoms with E-state index in [2.05, 4.69) is 11.8 Å². The van der Waals surface area contributed by atoms with E-state index in [-0.39, 0.29) is 0 Å². The molecule has 0 heterocycles. The molecule has 5 heteroatoms. The zero-order valence-corrected chi connectivity index (χ0v) is 15.2. The number of nitrogens with one attached hydrogen (secondary N) is 1. The Balaban J connectivity index is 3.42. The lowest BCUT2D eigenvalue weighted by Gasteiger charge is -2.13. The van der Waals surface area contributed by atoms with Crippen LogP contribution in [0.4, 0.5) is 0 Å². The average Bonchev–Trinajstić information content (AvgIpc) is 2.52. The molecule has 23 heavy (non-hydrogen) atoms. The molecular formula is C18H34ClNO3. The van der Waals surface area contributed by atoms with Gasteiger partial charge in [-0.15, -0.1) is 0 Å². The molecule has 0 unspecified atom stereocenters. The number of hydrogen-bond donors (Lipinski definition) is 3. The van der Waals surface area contributed by atoms with Gasteiger partial charge in [-0.1, -0.05) is 83.3 Å². The van der Waals surface area contributed by atoms with Crippen molar-refractivity contribution in [2.75, 3.05) is 0 Å². The number of carboxylic acid groups (broad SMARTS) is 1. The number of carboxylic acids is 1. The minimum absolute atomic E-state index is 0.864. The van der Waals surface area contributed by atoms with E-state index in [4.69, 9.17) is 16.9 Å². The summed E-state index contributed by atoms with van der Waals surface area (Å²) >= 11 is 5.29. The number of aliphatic carboxylic acids is 1. The number of rotatable bonds is 16. The van der Waals surface area contributed by atoms with Crippen LogP contribution in [0.2, 0.25) is 0 Å². The third kappa shape index (κ3) is 13.5. The van der Waals surface area contributed by atoms with Gasteiger partial charge in [-0.2, -0.15) is 0 Å². The van der Waals surface area contributed by atoms with Crippen LogP contribution in [0.1, 0.15) is 84.0 Å². The van der Waals surface area contributed by atoms with Gasteiger partial charge in [-0.25, -0.2) is 4.84 Å². The number of hydrogen-bond acceptors (Lipinski definition) is 3. The van der Waals surface area contributed by atoms with Gasteiger partial charge in [0.15, 0.2) is 0 Å². The maximum absolute atomic E-state index is 10.8. The molecule has 0 bridgehead atoms. The van der Waals surface area contributed by atoms with Crippen LogP contribution < -0.4 is 4.84 Å². The van der Waals surface area contributed by atoms with Crippen LogP contribution >= 0.6 is 11.8 Å². The van der Waals surface area contributed by atoms with Gasteiger partial charge in [0.1, 0.15) is 6.04 Å². The van der Waals surface area contributed by atoms with Gasteiger partial charge in [0.2, 0.25) is 0 Å². The van der Waals surface area contributed by atoms with Gasteiger partial charge in [-0.05, 0) is 24.6 Å². The Morgan fingerprint density at radius 1 is 1.00 bits per heavy atom. The highest BCUT2D eigenvalue weighted by Gasteiger charge is 2.22. The van der Waals surface area contributed by atoms with Gasteiger partial charge in [-0.3, -0.25) is 4.79 Å². The van der Waals surface area contributed by atoms with Crippen molar-refractivity contribution >= 4 is 17.7 Å². The van der Waals surface area contributed by atoms with Crippen molar-refractivity contribution in [1.82, 2.24) is 4.84 Å². The molecule has 0 aliphatic carbocycles. The Bertz CT molecular complexity index is 311. The van der Waals surface area contributed by atoms with E-state index in [0.29, 0.717) is 0 Å². The fraction of sp³-hybridized carbons (Fsp3) is 0.833. The van der Waals surface area contributed by atoms with Gasteiger partial charge < -0.3 is 10.2 Å². The van der Waals surface area contributed by atoms with Crippen molar-refractivity contribution < 1.29 is 15.0 Å². The second-order valence-electron chi connectivity index (χ2n) is 6.17. The second kappa shape index (κ2) is 16.3. The summed E-state index contributed by atoms with van der Waals surface area (Å²) in [6.07, 6.45) is 17.4. The van der Waals surface area contributed by atoms with Crippen LogP contribution in [-0.4, -0.2) is 28.3 Å². The lowest BCUT2D eigenvalue weighted by molar-refractivity contribution is -0.140. The summed E-state index contributed by atoms with van der Waals surface area (Å²) in [5, 5.41) is 18.4. The van der Waals surface area contributed by atoms with E-state index in [9.17, 15) is 9.90 Å². The molecule has 0 radical (unpaired) electrons. The number of carbonyl (C=O) groups is 1. The van der Waals surface area contributed by atoms with Crippen molar-refractivity contribution in [1.29, 1.82) is 0 Å². The highest BCUT2D eigenvalue weighted by atomic mass is 35.5. The number of unbranched alkanes of at least 4 members (excludes halogenated alkanes) is 11. The first-order valence-electron chi connectivity index (χ1n) is 9.07. The molecule has 0 aliphatic rings. The Hall–Kier alpha value is -0.580. The van der Waals surface area contributed by atoms with E-state index in [1.54, 1.807) is 0 Å². The monoisotopic (exact) mass is 347 g/mol. The fourth-order valence-corrected chi connectivity index (χ4v) is 2.75. The first-order valence-corrected chi connectivity index (χ1v) is 9.45. The normalized spacial score (nSPS) is 14.2. The first-order chi connectivity index (χ1) is 11.1. The molecule has 0 saturated carbocycles. The van der Waals surface area contributed by atoms with Crippen molar-refractivity contribution in [3.63, 3.8) is 0 Å². The van der Waals surface area contributed by atoms with Crippen LogP contribution in [0.3, 0.4) is 0 Å². The number of aliphatic hydroxyl groups is 1. The summed E-state index contributed by atoms with van der Waals surface area (Å²) in [6, 6.07) is -1.16. The van der Waals surface area contributed by atoms with E-state index >= 15 is 0 Å². The number of halogens is 1. The van der Waals surface area contributed by atoms with E-state index in [0.717, 1.165) is 12.8 Å². The molecule has 0 aromatic rings. The maximum Gasteiger partial charge on any atom is 0.325 e. The van der Waals surface area contributed by atoms with Gasteiger partial charge in [0.05, 0.1) is 6.10 Å². The molecular weight excluding hydrogens is 314 g/mol. The van der Waals surface area contributed by atoms with E-state index < -0.39 is 18.1 Å². The maximum atomic E-state index is 10.8. The van der Waals surface area contributed by atoms with Crippen molar-refractivity contribution in [2.45, 2.75) is 96.1 Å². The molecule has 0 aliphatic heterocycles. The van der Waals surface area contributed by atoms with Crippen LogP contribution in [0.5, 0.6) is 0 Å². The fourth-order valence-electron chi connectivity index (χ4n) is 2.53. The Kier molecular flexibility index (Phi) is 15.9. The number of aliphatic hydroxyl groups excluding tert-OH is 1. The SMILES string of the molecule is CCCCCCCCCCCCC/C=C/[C@@H](O)[C@@H](NCl)C(=O)O. The predicted octanol–water partition coefficient (Wildman–Crippen LogP) is 4.80. The van der Waals surface area contributed by atoms with Crippen LogP contribution in [-0.2, 0) is 4.79 Å². The zero-order chi connectivity index (χ0) is 17.3. The molecule has 0 aromatic carbocycles. The lowest BCUT2D eigenvalue weighted by atomic mass is 10.0. The van der Waals surface area contributed by atoms with Gasteiger partial charge in [0.25, 0.3) is 0 Å². The minimum atomic E-state index is -1.16. The summed E-state index contributed by atoms with van der Waals surface area (Å²) in [7, 11) is 0. The molecule has 2 atom stereocenters. The standard InChI is InChI=1S/C18H34ClNO3/c1-2-3-4-5-6-7-8-9-10-11-12-13-14-15-16(21)17(20-19)18(22)23/h14-17,20-21H,2-13H2,1H3,(H,22,23)/b15-14+/t16-,17-/m1/s1. The van der Waals surface area contributed by atoms with Crippen LogP contribution in [0, 0.1) is 0 Å².